The van der Waals surface area contributed by atoms with E-state index in [1.165, 1.54) is 0 Å². The highest BCUT2D eigenvalue weighted by molar-refractivity contribution is 7.80. The van der Waals surface area contributed by atoms with Crippen LogP contribution in [0.1, 0.15) is 59.3 Å². The highest BCUT2D eigenvalue weighted by Crippen LogP contribution is 2.56. The van der Waals surface area contributed by atoms with Crippen molar-refractivity contribution < 1.29 is 9.53 Å². The van der Waals surface area contributed by atoms with Gasteiger partial charge in [-0.05, 0) is 64.7 Å². The Morgan fingerprint density at radius 1 is 1.20 bits per heavy atom. The van der Waals surface area contributed by atoms with Crippen LogP contribution in [0.25, 0.3) is 0 Å². The molecule has 4 nitrogen and oxygen atoms in total. The average molecular weight is 298 g/mol. The third-order valence-electron chi connectivity index (χ3n) is 4.93. The fourth-order valence-electron chi connectivity index (χ4n) is 3.47. The number of carbonyl (C=O) groups excluding carboxylic acids is 1. The minimum atomic E-state index is -0.443. The number of thiocarbonyl (C=S) groups is 1. The lowest BCUT2D eigenvalue weighted by Crippen LogP contribution is -2.51. The van der Waals surface area contributed by atoms with Gasteiger partial charge >= 0.3 is 6.09 Å². The summed E-state index contributed by atoms with van der Waals surface area (Å²) in [6.45, 7) is 6.34. The van der Waals surface area contributed by atoms with E-state index in [4.69, 9.17) is 22.7 Å². The molecular weight excluding hydrogens is 272 g/mol. The summed E-state index contributed by atoms with van der Waals surface area (Å²) in [5.74, 6) is 0. The predicted molar refractivity (Wildman–Crippen MR) is 83.6 cm³/mol. The summed E-state index contributed by atoms with van der Waals surface area (Å²) in [5, 5.41) is 2.94. The first-order chi connectivity index (χ1) is 9.17. The Labute approximate surface area is 126 Å². The quantitative estimate of drug-likeness (QED) is 0.786. The van der Waals surface area contributed by atoms with E-state index in [-0.39, 0.29) is 16.9 Å². The minimum Gasteiger partial charge on any atom is -0.444 e. The summed E-state index contributed by atoms with van der Waals surface area (Å²) >= 11 is 5.24. The molecule has 20 heavy (non-hydrogen) atoms. The van der Waals surface area contributed by atoms with Crippen molar-refractivity contribution in [1.29, 1.82) is 0 Å². The lowest BCUT2D eigenvalue weighted by Gasteiger charge is -2.53. The third-order valence-corrected chi connectivity index (χ3v) is 5.36. The summed E-state index contributed by atoms with van der Waals surface area (Å²) in [6.07, 6.45) is 6.18. The second kappa shape index (κ2) is 5.17. The van der Waals surface area contributed by atoms with Crippen LogP contribution in [-0.2, 0) is 4.74 Å². The molecule has 0 aromatic rings. The fraction of sp³-hybridized carbons (Fsp3) is 0.867. The number of amides is 1. The first-order valence-corrected chi connectivity index (χ1v) is 7.84. The number of ether oxygens (including phenoxy) is 1. The van der Waals surface area contributed by atoms with Gasteiger partial charge in [0.25, 0.3) is 0 Å². The molecule has 0 radical (unpaired) electrons. The van der Waals surface area contributed by atoms with E-state index in [0.717, 1.165) is 38.5 Å². The van der Waals surface area contributed by atoms with Gasteiger partial charge < -0.3 is 15.8 Å². The zero-order valence-electron chi connectivity index (χ0n) is 12.8. The van der Waals surface area contributed by atoms with Crippen molar-refractivity contribution in [2.45, 2.75) is 64.9 Å². The number of nitrogens with one attached hydrogen (secondary N) is 1. The average Bonchev–Trinajstić information content (AvgIpc) is 2.37. The standard InChI is InChI=1S/C15H26N2O2S/c1-13(2,3)19-12(18)17-10-14-4-7-15(8-5-14,9-6-14)11(16)20/h4-10H2,1-3H3,(H2,16,20)(H,17,18). The highest BCUT2D eigenvalue weighted by atomic mass is 32.1. The molecule has 2 bridgehead atoms. The maximum atomic E-state index is 11.8. The third kappa shape index (κ3) is 3.25. The summed E-state index contributed by atoms with van der Waals surface area (Å²) < 4.78 is 5.30. The molecule has 5 heteroatoms. The second-order valence-electron chi connectivity index (χ2n) is 7.50. The summed E-state index contributed by atoms with van der Waals surface area (Å²) in [7, 11) is 0. The van der Waals surface area contributed by atoms with E-state index in [1.54, 1.807) is 0 Å². The summed E-state index contributed by atoms with van der Waals surface area (Å²) in [5.41, 5.74) is 5.80. The Balaban J connectivity index is 1.87. The van der Waals surface area contributed by atoms with Gasteiger partial charge in [-0.3, -0.25) is 0 Å². The Bertz CT molecular complexity index is 390. The molecule has 0 saturated heterocycles. The van der Waals surface area contributed by atoms with Gasteiger partial charge in [0.2, 0.25) is 0 Å². The van der Waals surface area contributed by atoms with Crippen LogP contribution in [0, 0.1) is 10.8 Å². The van der Waals surface area contributed by atoms with Gasteiger partial charge in [-0.1, -0.05) is 12.2 Å². The zero-order chi connectivity index (χ0) is 15.0. The monoisotopic (exact) mass is 298 g/mol. The van der Waals surface area contributed by atoms with E-state index in [1.807, 2.05) is 20.8 Å². The molecule has 3 N–H and O–H groups in total. The van der Waals surface area contributed by atoms with Crippen LogP contribution < -0.4 is 11.1 Å². The van der Waals surface area contributed by atoms with Gasteiger partial charge in [-0.15, -0.1) is 0 Å². The number of nitrogens with two attached hydrogens (primary N) is 1. The van der Waals surface area contributed by atoms with Crippen LogP contribution in [0.4, 0.5) is 4.79 Å². The lowest BCUT2D eigenvalue weighted by molar-refractivity contribution is 0.0223. The Kier molecular flexibility index (Phi) is 4.02. The molecule has 0 spiro atoms. The molecule has 114 valence electrons. The van der Waals surface area contributed by atoms with Crippen molar-refractivity contribution >= 4 is 23.3 Å². The molecule has 1 amide bonds. The Morgan fingerprint density at radius 3 is 2.10 bits per heavy atom. The van der Waals surface area contributed by atoms with E-state index in [2.05, 4.69) is 5.32 Å². The smallest absolute Gasteiger partial charge is 0.407 e. The predicted octanol–water partition coefficient (Wildman–Crippen LogP) is 3.14. The van der Waals surface area contributed by atoms with Gasteiger partial charge in [0.1, 0.15) is 5.60 Å². The van der Waals surface area contributed by atoms with Gasteiger partial charge in [-0.2, -0.15) is 0 Å². The van der Waals surface area contributed by atoms with Gasteiger partial charge in [0, 0.05) is 12.0 Å². The molecular formula is C15H26N2O2S. The van der Waals surface area contributed by atoms with Crippen molar-refractivity contribution in [2.75, 3.05) is 6.54 Å². The Hall–Kier alpha value is -0.840. The van der Waals surface area contributed by atoms with Crippen molar-refractivity contribution in [3.8, 4) is 0 Å². The number of fused-ring (bicyclic) bond motifs is 3. The summed E-state index contributed by atoms with van der Waals surface area (Å²) in [6, 6.07) is 0. The largest absolute Gasteiger partial charge is 0.444 e. The number of hydrogen-bond acceptors (Lipinski definition) is 3. The molecule has 3 aliphatic carbocycles. The first-order valence-electron chi connectivity index (χ1n) is 7.43. The van der Waals surface area contributed by atoms with Crippen LogP contribution in [0.3, 0.4) is 0 Å². The molecule has 3 rings (SSSR count). The first kappa shape index (κ1) is 15.5. The highest BCUT2D eigenvalue weighted by Gasteiger charge is 2.50. The molecule has 0 heterocycles. The van der Waals surface area contributed by atoms with Gasteiger partial charge in [0.15, 0.2) is 0 Å². The number of alkyl carbamates (subject to hydrolysis) is 1. The van der Waals surface area contributed by atoms with E-state index < -0.39 is 5.60 Å². The van der Waals surface area contributed by atoms with Gasteiger partial charge in [-0.25, -0.2) is 4.79 Å². The minimum absolute atomic E-state index is 0.100. The zero-order valence-corrected chi connectivity index (χ0v) is 13.6. The molecule has 3 saturated carbocycles. The SMILES string of the molecule is CC(C)(C)OC(=O)NCC12CCC(C(N)=S)(CC1)CC2. The number of carbonyl (C=O) groups is 1. The maximum Gasteiger partial charge on any atom is 0.407 e. The Morgan fingerprint density at radius 2 is 1.70 bits per heavy atom. The van der Waals surface area contributed by atoms with Crippen molar-refractivity contribution in [3.63, 3.8) is 0 Å². The van der Waals surface area contributed by atoms with Crippen LogP contribution in [0.15, 0.2) is 0 Å². The van der Waals surface area contributed by atoms with Crippen LogP contribution >= 0.6 is 12.2 Å². The van der Waals surface area contributed by atoms with Crippen molar-refractivity contribution in [2.24, 2.45) is 16.6 Å². The molecule has 3 aliphatic rings. The van der Waals surface area contributed by atoms with Crippen LogP contribution in [0.2, 0.25) is 0 Å². The molecule has 0 unspecified atom stereocenters. The van der Waals surface area contributed by atoms with E-state index in [9.17, 15) is 4.79 Å². The van der Waals surface area contributed by atoms with E-state index in [0.29, 0.717) is 11.5 Å². The van der Waals surface area contributed by atoms with Gasteiger partial charge in [0.05, 0.1) is 4.99 Å². The molecule has 0 atom stereocenters. The van der Waals surface area contributed by atoms with Crippen molar-refractivity contribution in [3.05, 3.63) is 0 Å². The van der Waals surface area contributed by atoms with Crippen LogP contribution in [-0.4, -0.2) is 23.2 Å². The molecule has 3 fully saturated rings. The lowest BCUT2D eigenvalue weighted by atomic mass is 9.53. The number of hydrogen-bond donors (Lipinski definition) is 2. The number of rotatable bonds is 3. The topological polar surface area (TPSA) is 64.3 Å². The fourth-order valence-corrected chi connectivity index (χ4v) is 3.78. The molecule has 0 aliphatic heterocycles. The summed E-state index contributed by atoms with van der Waals surface area (Å²) in [4.78, 5) is 12.5. The normalized spacial score (nSPS) is 32.8. The molecule has 0 aromatic carbocycles. The van der Waals surface area contributed by atoms with E-state index >= 15 is 0 Å². The maximum absolute atomic E-state index is 11.8. The van der Waals surface area contributed by atoms with Crippen LogP contribution in [0.5, 0.6) is 0 Å². The second-order valence-corrected chi connectivity index (χ2v) is 7.94. The van der Waals surface area contributed by atoms with Crippen molar-refractivity contribution in [1.82, 2.24) is 5.32 Å². The molecule has 0 aromatic heterocycles.